The van der Waals surface area contributed by atoms with Gasteiger partial charge in [-0.15, -0.1) is 0 Å². The summed E-state index contributed by atoms with van der Waals surface area (Å²) in [7, 11) is 0. The molecule has 12 heavy (non-hydrogen) atoms. The number of pyridine rings is 1. The zero-order valence-corrected chi connectivity index (χ0v) is 6.89. The quantitative estimate of drug-likeness (QED) is 0.687. The first-order valence-corrected chi connectivity index (χ1v) is 3.46. The molecular weight excluding hydrogens is 185 g/mol. The number of aromatic nitrogens is 1. The largest absolute Gasteiger partial charge is 0.478 e. The molecule has 0 aliphatic rings. The van der Waals surface area contributed by atoms with Gasteiger partial charge in [0.15, 0.2) is 5.82 Å². The maximum absolute atomic E-state index is 12.9. The normalized spacial score (nSPS) is 9.92. The van der Waals surface area contributed by atoms with Gasteiger partial charge in [-0.3, -0.25) is 0 Å². The van der Waals surface area contributed by atoms with Crippen LogP contribution in [0.4, 0.5) is 4.39 Å². The Morgan fingerprint density at radius 1 is 1.75 bits per heavy atom. The first-order chi connectivity index (χ1) is 5.52. The number of carbonyl (C=O) groups is 1. The van der Waals surface area contributed by atoms with Gasteiger partial charge >= 0.3 is 5.97 Å². The van der Waals surface area contributed by atoms with E-state index in [4.69, 9.17) is 16.7 Å². The van der Waals surface area contributed by atoms with Crippen LogP contribution in [0.2, 0.25) is 5.15 Å². The number of hydrogen-bond acceptors (Lipinski definition) is 2. The van der Waals surface area contributed by atoms with E-state index in [2.05, 4.69) is 4.98 Å². The molecule has 64 valence electrons. The van der Waals surface area contributed by atoms with Gasteiger partial charge in [0.25, 0.3) is 0 Å². The first kappa shape index (κ1) is 8.93. The van der Waals surface area contributed by atoms with E-state index in [1.807, 2.05) is 0 Å². The van der Waals surface area contributed by atoms with Gasteiger partial charge in [-0.05, 0) is 13.0 Å². The van der Waals surface area contributed by atoms with E-state index in [9.17, 15) is 9.18 Å². The van der Waals surface area contributed by atoms with E-state index in [0.29, 0.717) is 0 Å². The number of aryl methyl sites for hydroxylation is 1. The topological polar surface area (TPSA) is 50.2 Å². The maximum atomic E-state index is 12.9. The van der Waals surface area contributed by atoms with Crippen molar-refractivity contribution >= 4 is 17.6 Å². The van der Waals surface area contributed by atoms with E-state index in [0.717, 1.165) is 6.07 Å². The summed E-state index contributed by atoms with van der Waals surface area (Å²) in [5.41, 5.74) is -0.465. The van der Waals surface area contributed by atoms with Crippen molar-refractivity contribution in [3.63, 3.8) is 0 Å². The van der Waals surface area contributed by atoms with Crippen molar-refractivity contribution in [1.29, 1.82) is 0 Å². The van der Waals surface area contributed by atoms with Gasteiger partial charge in [0.2, 0.25) is 0 Å². The molecule has 0 atom stereocenters. The standard InChI is InChI=1S/C7H5ClFNO2/c1-3-6(9)4(7(11)12)2-5(8)10-3/h2H,1H3,(H,11,12). The Kier molecular flexibility index (Phi) is 2.28. The Bertz CT molecular complexity index is 340. The van der Waals surface area contributed by atoms with Crippen molar-refractivity contribution in [2.75, 3.05) is 0 Å². The summed E-state index contributed by atoms with van der Waals surface area (Å²) in [5.74, 6) is -2.19. The smallest absolute Gasteiger partial charge is 0.338 e. The van der Waals surface area contributed by atoms with Gasteiger partial charge in [-0.1, -0.05) is 11.6 Å². The minimum atomic E-state index is -1.35. The molecule has 0 saturated carbocycles. The average Bonchev–Trinajstić information content (AvgIpc) is 1.96. The van der Waals surface area contributed by atoms with Crippen LogP contribution in [0.15, 0.2) is 6.07 Å². The van der Waals surface area contributed by atoms with Crippen LogP contribution in [0.1, 0.15) is 16.1 Å². The van der Waals surface area contributed by atoms with Crippen molar-refractivity contribution in [2.45, 2.75) is 6.92 Å². The number of carboxylic acid groups (broad SMARTS) is 1. The molecule has 0 aromatic carbocycles. The van der Waals surface area contributed by atoms with E-state index >= 15 is 0 Å². The predicted molar refractivity (Wildman–Crippen MR) is 40.9 cm³/mol. The fraction of sp³-hybridized carbons (Fsp3) is 0.143. The number of hydrogen-bond donors (Lipinski definition) is 1. The van der Waals surface area contributed by atoms with Crippen molar-refractivity contribution in [2.24, 2.45) is 0 Å². The third-order valence-corrected chi connectivity index (χ3v) is 1.52. The zero-order valence-electron chi connectivity index (χ0n) is 6.14. The summed E-state index contributed by atoms with van der Waals surface area (Å²) >= 11 is 5.43. The predicted octanol–water partition coefficient (Wildman–Crippen LogP) is 1.88. The number of nitrogens with zero attached hydrogens (tertiary/aromatic N) is 1. The number of aromatic carboxylic acids is 1. The Morgan fingerprint density at radius 3 is 2.83 bits per heavy atom. The van der Waals surface area contributed by atoms with Crippen LogP contribution >= 0.6 is 11.6 Å². The molecule has 1 heterocycles. The maximum Gasteiger partial charge on any atom is 0.338 e. The van der Waals surface area contributed by atoms with Crippen LogP contribution in [0.3, 0.4) is 0 Å². The highest BCUT2D eigenvalue weighted by Gasteiger charge is 2.14. The molecule has 3 nitrogen and oxygen atoms in total. The summed E-state index contributed by atoms with van der Waals surface area (Å²) in [5, 5.41) is 8.47. The molecule has 1 aromatic rings. The highest BCUT2D eigenvalue weighted by molar-refractivity contribution is 6.29. The minimum absolute atomic E-state index is 0.0140. The Balaban J connectivity index is 3.37. The lowest BCUT2D eigenvalue weighted by molar-refractivity contribution is 0.0691. The molecule has 0 spiro atoms. The summed E-state index contributed by atoms with van der Waals surface area (Å²) in [6, 6.07) is 0.978. The van der Waals surface area contributed by atoms with Crippen LogP contribution in [-0.4, -0.2) is 16.1 Å². The third-order valence-electron chi connectivity index (χ3n) is 1.32. The van der Waals surface area contributed by atoms with E-state index in [-0.39, 0.29) is 10.8 Å². The molecule has 0 aliphatic heterocycles. The van der Waals surface area contributed by atoms with Crippen LogP contribution < -0.4 is 0 Å². The third kappa shape index (κ3) is 1.53. The lowest BCUT2D eigenvalue weighted by atomic mass is 10.2. The highest BCUT2D eigenvalue weighted by atomic mass is 35.5. The SMILES string of the molecule is Cc1nc(Cl)cc(C(=O)O)c1F. The van der Waals surface area contributed by atoms with E-state index in [1.165, 1.54) is 6.92 Å². The second kappa shape index (κ2) is 3.06. The van der Waals surface area contributed by atoms with Gasteiger partial charge in [-0.25, -0.2) is 14.2 Å². The van der Waals surface area contributed by atoms with Crippen molar-refractivity contribution in [3.05, 3.63) is 28.3 Å². The lowest BCUT2D eigenvalue weighted by Crippen LogP contribution is -2.03. The highest BCUT2D eigenvalue weighted by Crippen LogP contribution is 2.15. The second-order valence-electron chi connectivity index (χ2n) is 2.20. The molecule has 1 aromatic heterocycles. The van der Waals surface area contributed by atoms with Crippen LogP contribution in [0.5, 0.6) is 0 Å². The lowest BCUT2D eigenvalue weighted by Gasteiger charge is -2.00. The fourth-order valence-electron chi connectivity index (χ4n) is 0.775. The van der Waals surface area contributed by atoms with Gasteiger partial charge in [0, 0.05) is 0 Å². The van der Waals surface area contributed by atoms with Crippen molar-refractivity contribution < 1.29 is 14.3 Å². The van der Waals surface area contributed by atoms with Gasteiger partial charge < -0.3 is 5.11 Å². The molecule has 0 fully saturated rings. The Hall–Kier alpha value is -1.16. The molecule has 0 unspecified atom stereocenters. The number of halogens is 2. The van der Waals surface area contributed by atoms with Crippen molar-refractivity contribution in [1.82, 2.24) is 4.98 Å². The molecule has 1 rings (SSSR count). The first-order valence-electron chi connectivity index (χ1n) is 3.08. The second-order valence-corrected chi connectivity index (χ2v) is 2.58. The van der Waals surface area contributed by atoms with Gasteiger partial charge in [0.05, 0.1) is 5.69 Å². The van der Waals surface area contributed by atoms with Crippen LogP contribution in [0.25, 0.3) is 0 Å². The summed E-state index contributed by atoms with van der Waals surface area (Å²) in [6.07, 6.45) is 0. The molecule has 0 radical (unpaired) electrons. The van der Waals surface area contributed by atoms with Gasteiger partial charge in [0.1, 0.15) is 10.7 Å². The molecule has 0 aliphatic carbocycles. The molecule has 1 N–H and O–H groups in total. The summed E-state index contributed by atoms with van der Waals surface area (Å²) in [4.78, 5) is 13.9. The Labute approximate surface area is 72.8 Å². The van der Waals surface area contributed by atoms with E-state index < -0.39 is 17.3 Å². The molecule has 0 amide bonds. The van der Waals surface area contributed by atoms with E-state index in [1.54, 1.807) is 0 Å². The van der Waals surface area contributed by atoms with Crippen LogP contribution in [0, 0.1) is 12.7 Å². The molecule has 5 heteroatoms. The summed E-state index contributed by atoms with van der Waals surface area (Å²) in [6.45, 7) is 1.35. The Morgan fingerprint density at radius 2 is 2.33 bits per heavy atom. The average molecular weight is 190 g/mol. The fourth-order valence-corrected chi connectivity index (χ4v) is 1.01. The number of carboxylic acids is 1. The summed E-state index contributed by atoms with van der Waals surface area (Å²) < 4.78 is 12.9. The molecule has 0 bridgehead atoms. The number of rotatable bonds is 1. The molecule has 0 saturated heterocycles. The zero-order chi connectivity index (χ0) is 9.30. The minimum Gasteiger partial charge on any atom is -0.478 e. The van der Waals surface area contributed by atoms with Gasteiger partial charge in [-0.2, -0.15) is 0 Å². The molecular formula is C7H5ClFNO2. The van der Waals surface area contributed by atoms with Crippen LogP contribution in [-0.2, 0) is 0 Å². The monoisotopic (exact) mass is 189 g/mol. The van der Waals surface area contributed by atoms with Crippen molar-refractivity contribution in [3.8, 4) is 0 Å².